The van der Waals surface area contributed by atoms with Crippen molar-refractivity contribution in [2.24, 2.45) is 0 Å². The molecule has 0 saturated carbocycles. The third-order valence-electron chi connectivity index (χ3n) is 4.77. The summed E-state index contributed by atoms with van der Waals surface area (Å²) in [6, 6.07) is 0.107. The third-order valence-corrected chi connectivity index (χ3v) is 4.77. The van der Waals surface area contributed by atoms with E-state index >= 15 is 0 Å². The van der Waals surface area contributed by atoms with Crippen LogP contribution in [0.25, 0.3) is 0 Å². The van der Waals surface area contributed by atoms with Crippen LogP contribution < -0.4 is 5.32 Å². The molecule has 0 bridgehead atoms. The first-order valence-corrected chi connectivity index (χ1v) is 9.00. The van der Waals surface area contributed by atoms with E-state index in [1.54, 1.807) is 0 Å². The molecular weight excluding hydrogens is 322 g/mol. The first kappa shape index (κ1) is 17.7. The first-order chi connectivity index (χ1) is 11.8. The lowest BCUT2D eigenvalue weighted by Gasteiger charge is -2.37. The van der Waals surface area contributed by atoms with Crippen molar-refractivity contribution in [1.29, 1.82) is 0 Å². The second kappa shape index (κ2) is 7.01. The van der Waals surface area contributed by atoms with E-state index in [0.29, 0.717) is 37.6 Å². The van der Waals surface area contributed by atoms with Crippen molar-refractivity contribution in [3.63, 3.8) is 0 Å². The van der Waals surface area contributed by atoms with Crippen LogP contribution in [0.1, 0.15) is 51.7 Å². The predicted octanol–water partition coefficient (Wildman–Crippen LogP) is 1.32. The number of carbonyl (C=O) groups excluding carboxylic acids is 2. The number of urea groups is 1. The summed E-state index contributed by atoms with van der Waals surface area (Å²) in [5, 5.41) is 6.82. The summed E-state index contributed by atoms with van der Waals surface area (Å²) >= 11 is 0. The van der Waals surface area contributed by atoms with Crippen LogP contribution in [0.3, 0.4) is 0 Å². The number of nitrogens with one attached hydrogen (secondary N) is 1. The van der Waals surface area contributed by atoms with Gasteiger partial charge in [0.1, 0.15) is 0 Å². The Balaban J connectivity index is 1.52. The molecule has 2 saturated heterocycles. The van der Waals surface area contributed by atoms with Crippen molar-refractivity contribution in [3.05, 3.63) is 11.7 Å². The standard InChI is InChI=1S/C17H27N5O3/c1-17(2,3)15-19-13(25-20-15)6-7-14(23)21-9-4-5-12(11-21)22-10-8-18-16(22)24/h12H,4-11H2,1-3H3,(H,18,24). The highest BCUT2D eigenvalue weighted by Gasteiger charge is 2.32. The van der Waals surface area contributed by atoms with Crippen LogP contribution in [-0.4, -0.2) is 64.1 Å². The monoisotopic (exact) mass is 349 g/mol. The number of aromatic nitrogens is 2. The van der Waals surface area contributed by atoms with Gasteiger partial charge in [0.05, 0.1) is 6.04 Å². The van der Waals surface area contributed by atoms with Gasteiger partial charge >= 0.3 is 6.03 Å². The largest absolute Gasteiger partial charge is 0.341 e. The van der Waals surface area contributed by atoms with Crippen LogP contribution in [-0.2, 0) is 16.6 Å². The Bertz CT molecular complexity index is 636. The molecule has 2 fully saturated rings. The summed E-state index contributed by atoms with van der Waals surface area (Å²) in [4.78, 5) is 32.5. The number of amides is 3. The van der Waals surface area contributed by atoms with Crippen LogP contribution >= 0.6 is 0 Å². The van der Waals surface area contributed by atoms with E-state index in [1.165, 1.54) is 0 Å². The third kappa shape index (κ3) is 4.11. The molecule has 8 heteroatoms. The number of hydrogen-bond donors (Lipinski definition) is 1. The SMILES string of the molecule is CC(C)(C)c1noc(CCC(=O)N2CCCC(N3CCNC3=O)C2)n1. The van der Waals surface area contributed by atoms with Gasteiger partial charge in [0.15, 0.2) is 5.82 Å². The average molecular weight is 349 g/mol. The maximum absolute atomic E-state index is 12.5. The van der Waals surface area contributed by atoms with Gasteiger partial charge in [-0.25, -0.2) is 4.79 Å². The van der Waals surface area contributed by atoms with Gasteiger partial charge in [0.2, 0.25) is 11.8 Å². The Kier molecular flexibility index (Phi) is 4.96. The van der Waals surface area contributed by atoms with E-state index < -0.39 is 0 Å². The highest BCUT2D eigenvalue weighted by Crippen LogP contribution is 2.20. The minimum Gasteiger partial charge on any atom is -0.341 e. The number of piperidine rings is 1. The molecule has 1 atom stereocenters. The minimum atomic E-state index is -0.165. The quantitative estimate of drug-likeness (QED) is 0.885. The molecule has 138 valence electrons. The summed E-state index contributed by atoms with van der Waals surface area (Å²) < 4.78 is 5.25. The number of aryl methyl sites for hydroxylation is 1. The number of rotatable bonds is 4. The zero-order chi connectivity index (χ0) is 18.0. The second-order valence-electron chi connectivity index (χ2n) is 7.82. The van der Waals surface area contributed by atoms with Gasteiger partial charge in [-0.1, -0.05) is 25.9 Å². The van der Waals surface area contributed by atoms with Gasteiger partial charge in [0, 0.05) is 44.4 Å². The molecule has 2 aliphatic rings. The molecular formula is C17H27N5O3. The molecule has 25 heavy (non-hydrogen) atoms. The van der Waals surface area contributed by atoms with Crippen molar-refractivity contribution in [1.82, 2.24) is 25.3 Å². The topological polar surface area (TPSA) is 91.6 Å². The molecule has 0 aromatic carbocycles. The van der Waals surface area contributed by atoms with Crippen molar-refractivity contribution in [2.75, 3.05) is 26.2 Å². The zero-order valence-electron chi connectivity index (χ0n) is 15.2. The molecule has 0 spiro atoms. The summed E-state index contributed by atoms with van der Waals surface area (Å²) in [6.07, 6.45) is 2.68. The molecule has 0 aliphatic carbocycles. The van der Waals surface area contributed by atoms with Crippen molar-refractivity contribution in [3.8, 4) is 0 Å². The van der Waals surface area contributed by atoms with E-state index in [4.69, 9.17) is 4.52 Å². The molecule has 0 radical (unpaired) electrons. The smallest absolute Gasteiger partial charge is 0.317 e. The van der Waals surface area contributed by atoms with Gasteiger partial charge in [-0.3, -0.25) is 4.79 Å². The first-order valence-electron chi connectivity index (χ1n) is 9.00. The normalized spacial score (nSPS) is 21.6. The Hall–Kier alpha value is -2.12. The van der Waals surface area contributed by atoms with E-state index in [2.05, 4.69) is 15.5 Å². The van der Waals surface area contributed by atoms with Crippen LogP contribution in [0, 0.1) is 0 Å². The zero-order valence-corrected chi connectivity index (χ0v) is 15.2. The van der Waals surface area contributed by atoms with Gasteiger partial charge in [-0.15, -0.1) is 0 Å². The maximum Gasteiger partial charge on any atom is 0.317 e. The van der Waals surface area contributed by atoms with Crippen LogP contribution in [0.15, 0.2) is 4.52 Å². The number of nitrogens with zero attached hydrogens (tertiary/aromatic N) is 4. The fourth-order valence-corrected chi connectivity index (χ4v) is 3.30. The molecule has 1 aromatic rings. The van der Waals surface area contributed by atoms with E-state index in [1.807, 2.05) is 30.6 Å². The van der Waals surface area contributed by atoms with Gasteiger partial charge in [-0.05, 0) is 12.8 Å². The second-order valence-corrected chi connectivity index (χ2v) is 7.82. The summed E-state index contributed by atoms with van der Waals surface area (Å²) in [5.74, 6) is 1.25. The molecule has 3 heterocycles. The Morgan fingerprint density at radius 3 is 2.80 bits per heavy atom. The Morgan fingerprint density at radius 1 is 1.36 bits per heavy atom. The highest BCUT2D eigenvalue weighted by atomic mass is 16.5. The lowest BCUT2D eigenvalue weighted by Crippen LogP contribution is -2.50. The van der Waals surface area contributed by atoms with E-state index in [0.717, 1.165) is 25.9 Å². The lowest BCUT2D eigenvalue weighted by atomic mass is 9.96. The summed E-state index contributed by atoms with van der Waals surface area (Å²) in [6.45, 7) is 8.85. The Morgan fingerprint density at radius 2 is 2.16 bits per heavy atom. The molecule has 8 nitrogen and oxygen atoms in total. The number of likely N-dealkylation sites (tertiary alicyclic amines) is 1. The van der Waals surface area contributed by atoms with Crippen LogP contribution in [0.5, 0.6) is 0 Å². The predicted molar refractivity (Wildman–Crippen MR) is 91.0 cm³/mol. The average Bonchev–Trinajstić information content (AvgIpc) is 3.21. The lowest BCUT2D eigenvalue weighted by molar-refractivity contribution is -0.133. The molecule has 2 aliphatic heterocycles. The van der Waals surface area contributed by atoms with E-state index in [9.17, 15) is 9.59 Å². The van der Waals surface area contributed by atoms with E-state index in [-0.39, 0.29) is 23.4 Å². The fraction of sp³-hybridized carbons (Fsp3) is 0.765. The fourth-order valence-electron chi connectivity index (χ4n) is 3.30. The van der Waals surface area contributed by atoms with Crippen molar-refractivity contribution < 1.29 is 14.1 Å². The minimum absolute atomic E-state index is 0.0140. The van der Waals surface area contributed by atoms with Gasteiger partial charge in [0.25, 0.3) is 0 Å². The molecule has 1 unspecified atom stereocenters. The Labute approximate surface area is 147 Å². The highest BCUT2D eigenvalue weighted by molar-refractivity contribution is 5.78. The maximum atomic E-state index is 12.5. The van der Waals surface area contributed by atoms with Gasteiger partial charge in [-0.2, -0.15) is 4.98 Å². The molecule has 3 rings (SSSR count). The number of hydrogen-bond acceptors (Lipinski definition) is 5. The molecule has 1 aromatic heterocycles. The number of carbonyl (C=O) groups is 2. The van der Waals surface area contributed by atoms with Gasteiger partial charge < -0.3 is 19.6 Å². The van der Waals surface area contributed by atoms with Crippen LogP contribution in [0.4, 0.5) is 4.79 Å². The van der Waals surface area contributed by atoms with Crippen molar-refractivity contribution in [2.45, 2.75) is 57.9 Å². The van der Waals surface area contributed by atoms with Crippen molar-refractivity contribution >= 4 is 11.9 Å². The summed E-state index contributed by atoms with van der Waals surface area (Å²) in [7, 11) is 0. The molecule has 3 amide bonds. The molecule has 1 N–H and O–H groups in total. The summed E-state index contributed by atoms with van der Waals surface area (Å²) in [5.41, 5.74) is -0.165. The van der Waals surface area contributed by atoms with Crippen LogP contribution in [0.2, 0.25) is 0 Å².